The van der Waals surface area contributed by atoms with E-state index in [2.05, 4.69) is 50.8 Å². The first-order chi connectivity index (χ1) is 9.11. The zero-order valence-electron chi connectivity index (χ0n) is 10.4. The fraction of sp³-hybridized carbons (Fsp3) is 0.133. The lowest BCUT2D eigenvalue weighted by molar-refractivity contribution is 0.102. The smallest absolute Gasteiger partial charge is 0.256 e. The zero-order chi connectivity index (χ0) is 13.8. The van der Waals surface area contributed by atoms with E-state index >= 15 is 0 Å². The fourth-order valence-corrected chi connectivity index (χ4v) is 2.85. The largest absolute Gasteiger partial charge is 0.322 e. The van der Waals surface area contributed by atoms with Crippen molar-refractivity contribution in [2.45, 2.75) is 13.3 Å². The summed E-state index contributed by atoms with van der Waals surface area (Å²) in [6.45, 7) is 2.07. The molecular weight excluding hydrogens is 417 g/mol. The van der Waals surface area contributed by atoms with Crippen molar-refractivity contribution in [1.29, 1.82) is 0 Å². The predicted octanol–water partition coefficient (Wildman–Crippen LogP) is 4.87. The van der Waals surface area contributed by atoms with Gasteiger partial charge in [-0.1, -0.05) is 35.0 Å². The lowest BCUT2D eigenvalue weighted by Gasteiger charge is -2.11. The maximum atomic E-state index is 12.3. The third kappa shape index (κ3) is 3.57. The topological polar surface area (TPSA) is 29.1 Å². The molecule has 0 fully saturated rings. The van der Waals surface area contributed by atoms with Crippen LogP contribution in [0.4, 0.5) is 5.69 Å². The van der Waals surface area contributed by atoms with Gasteiger partial charge in [-0.25, -0.2) is 0 Å². The number of aryl methyl sites for hydroxylation is 1. The Kier molecular flexibility index (Phi) is 4.99. The number of hydrogen-bond donors (Lipinski definition) is 1. The molecule has 0 spiro atoms. The first-order valence-electron chi connectivity index (χ1n) is 5.96. The molecule has 2 nitrogen and oxygen atoms in total. The lowest BCUT2D eigenvalue weighted by atomic mass is 10.1. The molecule has 0 radical (unpaired) electrons. The van der Waals surface area contributed by atoms with E-state index < -0.39 is 0 Å². The Hall–Kier alpha value is -0.880. The minimum absolute atomic E-state index is 0.0676. The van der Waals surface area contributed by atoms with Crippen molar-refractivity contribution in [3.8, 4) is 0 Å². The molecule has 0 atom stereocenters. The lowest BCUT2D eigenvalue weighted by Crippen LogP contribution is -2.14. The summed E-state index contributed by atoms with van der Waals surface area (Å²) in [7, 11) is 0. The average molecular weight is 430 g/mol. The Bertz CT molecular complexity index is 613. The van der Waals surface area contributed by atoms with E-state index in [1.807, 2.05) is 42.5 Å². The Morgan fingerprint density at radius 3 is 2.68 bits per heavy atom. The third-order valence-corrected chi connectivity index (χ3v) is 4.25. The first kappa shape index (κ1) is 14.5. The highest BCUT2D eigenvalue weighted by Crippen LogP contribution is 2.23. The summed E-state index contributed by atoms with van der Waals surface area (Å²) in [6, 6.07) is 13.5. The first-order valence-corrected chi connectivity index (χ1v) is 7.83. The predicted molar refractivity (Wildman–Crippen MR) is 90.6 cm³/mol. The second-order valence-corrected chi connectivity index (χ2v) is 6.17. The van der Waals surface area contributed by atoms with Crippen molar-refractivity contribution < 1.29 is 4.79 Å². The van der Waals surface area contributed by atoms with Crippen molar-refractivity contribution >= 4 is 50.1 Å². The number of nitrogens with one attached hydrogen (secondary N) is 1. The van der Waals surface area contributed by atoms with Gasteiger partial charge in [0.15, 0.2) is 0 Å². The Labute approximate surface area is 134 Å². The third-order valence-electron chi connectivity index (χ3n) is 2.81. The molecule has 0 aliphatic rings. The van der Waals surface area contributed by atoms with Crippen LogP contribution >= 0.6 is 38.5 Å². The van der Waals surface area contributed by atoms with Gasteiger partial charge in [-0.2, -0.15) is 0 Å². The van der Waals surface area contributed by atoms with Gasteiger partial charge in [-0.15, -0.1) is 0 Å². The number of amides is 1. The van der Waals surface area contributed by atoms with Crippen LogP contribution in [-0.2, 0) is 6.42 Å². The molecular formula is C15H13BrINO. The molecule has 0 unspecified atom stereocenters. The highest BCUT2D eigenvalue weighted by molar-refractivity contribution is 14.1. The van der Waals surface area contributed by atoms with Crippen LogP contribution in [-0.4, -0.2) is 5.91 Å². The molecule has 0 aromatic heterocycles. The summed E-state index contributed by atoms with van der Waals surface area (Å²) >= 11 is 5.62. The Morgan fingerprint density at radius 1 is 1.26 bits per heavy atom. The van der Waals surface area contributed by atoms with Crippen LogP contribution < -0.4 is 5.32 Å². The molecule has 2 rings (SSSR count). The van der Waals surface area contributed by atoms with Crippen LogP contribution in [0.2, 0.25) is 0 Å². The summed E-state index contributed by atoms with van der Waals surface area (Å²) in [5.74, 6) is -0.0676. The highest BCUT2D eigenvalue weighted by Gasteiger charge is 2.11. The quantitative estimate of drug-likeness (QED) is 0.693. The average Bonchev–Trinajstić information content (AvgIpc) is 2.41. The zero-order valence-corrected chi connectivity index (χ0v) is 14.2. The summed E-state index contributed by atoms with van der Waals surface area (Å²) in [5.41, 5.74) is 2.69. The van der Waals surface area contributed by atoms with Gasteiger partial charge in [0.05, 0.1) is 5.56 Å². The Morgan fingerprint density at radius 2 is 2.00 bits per heavy atom. The van der Waals surface area contributed by atoms with E-state index in [4.69, 9.17) is 0 Å². The SMILES string of the molecule is CCc1cc(Br)ccc1NC(=O)c1ccccc1I. The molecule has 2 aromatic carbocycles. The van der Waals surface area contributed by atoms with E-state index in [-0.39, 0.29) is 5.91 Å². The second-order valence-electron chi connectivity index (χ2n) is 4.09. The van der Waals surface area contributed by atoms with Gasteiger partial charge in [0.2, 0.25) is 0 Å². The van der Waals surface area contributed by atoms with Gasteiger partial charge < -0.3 is 5.32 Å². The molecule has 0 bridgehead atoms. The van der Waals surface area contributed by atoms with Crippen LogP contribution in [0.25, 0.3) is 0 Å². The van der Waals surface area contributed by atoms with E-state index in [1.165, 1.54) is 0 Å². The van der Waals surface area contributed by atoms with Crippen LogP contribution in [0.3, 0.4) is 0 Å². The minimum Gasteiger partial charge on any atom is -0.322 e. The van der Waals surface area contributed by atoms with Crippen LogP contribution in [0.5, 0.6) is 0 Å². The second kappa shape index (κ2) is 6.52. The van der Waals surface area contributed by atoms with E-state index in [9.17, 15) is 4.79 Å². The van der Waals surface area contributed by atoms with E-state index in [0.717, 1.165) is 25.7 Å². The van der Waals surface area contributed by atoms with E-state index in [1.54, 1.807) is 0 Å². The van der Waals surface area contributed by atoms with Crippen LogP contribution in [0, 0.1) is 3.57 Å². The summed E-state index contributed by atoms with van der Waals surface area (Å²) in [5, 5.41) is 2.98. The molecule has 0 saturated carbocycles. The van der Waals surface area contributed by atoms with Crippen molar-refractivity contribution in [3.05, 3.63) is 61.6 Å². The molecule has 4 heteroatoms. The van der Waals surface area contributed by atoms with Gasteiger partial charge in [0.1, 0.15) is 0 Å². The molecule has 0 heterocycles. The number of hydrogen-bond acceptors (Lipinski definition) is 1. The maximum absolute atomic E-state index is 12.3. The molecule has 1 amide bonds. The molecule has 98 valence electrons. The number of rotatable bonds is 3. The van der Waals surface area contributed by atoms with Crippen LogP contribution in [0.1, 0.15) is 22.8 Å². The molecule has 0 saturated heterocycles. The van der Waals surface area contributed by atoms with Crippen LogP contribution in [0.15, 0.2) is 46.9 Å². The minimum atomic E-state index is -0.0676. The molecule has 0 aliphatic carbocycles. The van der Waals surface area contributed by atoms with Gasteiger partial charge in [0, 0.05) is 13.7 Å². The Balaban J connectivity index is 2.27. The monoisotopic (exact) mass is 429 g/mol. The van der Waals surface area contributed by atoms with Crippen molar-refractivity contribution in [2.24, 2.45) is 0 Å². The molecule has 2 aromatic rings. The normalized spacial score (nSPS) is 10.3. The van der Waals surface area contributed by atoms with Gasteiger partial charge in [-0.3, -0.25) is 4.79 Å². The highest BCUT2D eigenvalue weighted by atomic mass is 127. The summed E-state index contributed by atoms with van der Waals surface area (Å²) in [4.78, 5) is 12.3. The van der Waals surface area contributed by atoms with Gasteiger partial charge >= 0.3 is 0 Å². The molecule has 19 heavy (non-hydrogen) atoms. The van der Waals surface area contributed by atoms with E-state index in [0.29, 0.717) is 5.56 Å². The maximum Gasteiger partial charge on any atom is 0.256 e. The fourth-order valence-electron chi connectivity index (χ4n) is 1.81. The number of carbonyl (C=O) groups excluding carboxylic acids is 1. The summed E-state index contributed by atoms with van der Waals surface area (Å²) < 4.78 is 1.98. The number of halogens is 2. The number of carbonyl (C=O) groups is 1. The molecule has 0 aliphatic heterocycles. The van der Waals surface area contributed by atoms with Gasteiger partial charge in [-0.05, 0) is 64.9 Å². The van der Waals surface area contributed by atoms with Crippen molar-refractivity contribution in [2.75, 3.05) is 5.32 Å². The summed E-state index contributed by atoms with van der Waals surface area (Å²) in [6.07, 6.45) is 0.876. The van der Waals surface area contributed by atoms with Crippen molar-refractivity contribution in [1.82, 2.24) is 0 Å². The van der Waals surface area contributed by atoms with Crippen molar-refractivity contribution in [3.63, 3.8) is 0 Å². The standard InChI is InChI=1S/C15H13BrINO/c1-2-10-9-11(16)7-8-14(10)18-15(19)12-5-3-4-6-13(12)17/h3-9H,2H2,1H3,(H,18,19). The number of benzene rings is 2. The van der Waals surface area contributed by atoms with Gasteiger partial charge in [0.25, 0.3) is 5.91 Å². The molecule has 1 N–H and O–H groups in total. The number of anilines is 1.